The van der Waals surface area contributed by atoms with E-state index in [2.05, 4.69) is 9.88 Å². The van der Waals surface area contributed by atoms with Crippen molar-refractivity contribution in [2.24, 2.45) is 0 Å². The van der Waals surface area contributed by atoms with Crippen LogP contribution in [-0.2, 0) is 11.3 Å². The number of aromatic nitrogens is 1. The lowest BCUT2D eigenvalue weighted by molar-refractivity contribution is -0.144. The number of nitrogens with one attached hydrogen (secondary N) is 1. The molecule has 2 unspecified atom stereocenters. The summed E-state index contributed by atoms with van der Waals surface area (Å²) in [6.45, 7) is 12.0. The second-order valence-electron chi connectivity index (χ2n) is 10.3. The van der Waals surface area contributed by atoms with Gasteiger partial charge < -0.3 is 24.5 Å². The van der Waals surface area contributed by atoms with Crippen LogP contribution in [-0.4, -0.2) is 33.8 Å². The molecule has 1 amide bonds. The molecule has 0 bridgehead atoms. The van der Waals surface area contributed by atoms with Crippen molar-refractivity contribution in [2.45, 2.75) is 66.3 Å². The molecule has 8 heteroatoms. The molecule has 40 heavy (non-hydrogen) atoms. The molecule has 0 spiro atoms. The highest BCUT2D eigenvalue weighted by molar-refractivity contribution is 6.32. The fourth-order valence-corrected chi connectivity index (χ4v) is 4.81. The Balaban J connectivity index is 1.56. The number of hydrogen-bond donors (Lipinski definition) is 2. The molecule has 0 saturated heterocycles. The molecule has 3 aromatic carbocycles. The lowest BCUT2D eigenvalue weighted by Gasteiger charge is -2.17. The second-order valence-corrected chi connectivity index (χ2v) is 10.7. The Hall–Kier alpha value is -3.97. The van der Waals surface area contributed by atoms with Crippen molar-refractivity contribution in [3.63, 3.8) is 0 Å². The van der Waals surface area contributed by atoms with E-state index in [1.165, 1.54) is 6.92 Å². The van der Waals surface area contributed by atoms with E-state index in [-0.39, 0.29) is 18.1 Å². The number of nitrogens with zero attached hydrogens (tertiary/aromatic N) is 1. The molecule has 2 N–H and O–H groups in total. The summed E-state index contributed by atoms with van der Waals surface area (Å²) in [7, 11) is 0. The number of aliphatic carboxylic acids is 1. The van der Waals surface area contributed by atoms with Gasteiger partial charge in [0.25, 0.3) is 5.91 Å². The summed E-state index contributed by atoms with van der Waals surface area (Å²) in [6, 6.07) is 18.7. The zero-order valence-electron chi connectivity index (χ0n) is 23.6. The first-order valence-electron chi connectivity index (χ1n) is 13.3. The van der Waals surface area contributed by atoms with E-state index in [0.29, 0.717) is 22.9 Å². The molecular weight excluding hydrogens is 528 g/mol. The normalized spacial score (nSPS) is 12.8. The molecule has 7 nitrogen and oxygen atoms in total. The number of halogens is 1. The Bertz CT molecular complexity index is 1560. The molecule has 0 aliphatic carbocycles. The third-order valence-corrected chi connectivity index (χ3v) is 7.28. The number of aryl methyl sites for hydroxylation is 1. The molecule has 1 aromatic heterocycles. The smallest absolute Gasteiger partial charge is 0.344 e. The zero-order chi connectivity index (χ0) is 29.1. The van der Waals surface area contributed by atoms with Crippen molar-refractivity contribution in [2.75, 3.05) is 0 Å². The number of carboxylic acid groups (broad SMARTS) is 1. The maximum absolute atomic E-state index is 13.2. The summed E-state index contributed by atoms with van der Waals surface area (Å²) in [5.74, 6) is -0.110. The fraction of sp³-hybridized carbons (Fsp3) is 0.312. The Labute approximate surface area is 239 Å². The van der Waals surface area contributed by atoms with Crippen LogP contribution in [0.2, 0.25) is 5.02 Å². The average Bonchev–Trinajstić information content (AvgIpc) is 3.14. The number of fused-ring (bicyclic) bond motifs is 1. The second kappa shape index (κ2) is 12.0. The molecule has 2 atom stereocenters. The Morgan fingerprint density at radius 3 is 2.42 bits per heavy atom. The van der Waals surface area contributed by atoms with Gasteiger partial charge in [-0.3, -0.25) is 4.79 Å². The van der Waals surface area contributed by atoms with Gasteiger partial charge in [0.05, 0.1) is 17.2 Å². The summed E-state index contributed by atoms with van der Waals surface area (Å²) in [5, 5.41) is 13.6. The van der Waals surface area contributed by atoms with E-state index < -0.39 is 12.1 Å². The minimum absolute atomic E-state index is 0.0709. The van der Waals surface area contributed by atoms with Crippen LogP contribution in [0.25, 0.3) is 10.9 Å². The third-order valence-electron chi connectivity index (χ3n) is 6.97. The van der Waals surface area contributed by atoms with Crippen LogP contribution in [0.3, 0.4) is 0 Å². The first-order chi connectivity index (χ1) is 18.9. The average molecular weight is 563 g/mol. The highest BCUT2D eigenvalue weighted by Gasteiger charge is 2.18. The molecular formula is C32H35ClN2O5. The van der Waals surface area contributed by atoms with Gasteiger partial charge in [-0.1, -0.05) is 29.8 Å². The molecule has 4 aromatic rings. The SMILES string of the molecule is Cc1c(C)n(Cc2ccc(Cl)c(OC(C)C(=O)O)c2)c2ccc(C(=O)NC(C)c3cccc(OC(C)C)c3)cc12. The third kappa shape index (κ3) is 6.42. The summed E-state index contributed by atoms with van der Waals surface area (Å²) in [5.41, 5.74) is 5.61. The molecule has 0 fully saturated rings. The molecule has 1 heterocycles. The van der Waals surface area contributed by atoms with E-state index in [9.17, 15) is 14.7 Å². The van der Waals surface area contributed by atoms with Crippen molar-refractivity contribution in [1.82, 2.24) is 9.88 Å². The molecule has 210 valence electrons. The highest BCUT2D eigenvalue weighted by Crippen LogP contribution is 2.31. The number of carbonyl (C=O) groups excluding carboxylic acids is 1. The van der Waals surface area contributed by atoms with Gasteiger partial charge in [-0.25, -0.2) is 4.79 Å². The predicted molar refractivity (Wildman–Crippen MR) is 158 cm³/mol. The van der Waals surface area contributed by atoms with Gasteiger partial charge >= 0.3 is 5.97 Å². The largest absolute Gasteiger partial charge is 0.491 e. The maximum Gasteiger partial charge on any atom is 0.344 e. The van der Waals surface area contributed by atoms with Crippen LogP contribution in [0, 0.1) is 13.8 Å². The number of amides is 1. The van der Waals surface area contributed by atoms with Crippen molar-refractivity contribution in [3.8, 4) is 11.5 Å². The topological polar surface area (TPSA) is 89.8 Å². The summed E-state index contributed by atoms with van der Waals surface area (Å²) < 4.78 is 13.5. The van der Waals surface area contributed by atoms with Gasteiger partial charge in [0.2, 0.25) is 0 Å². The quantitative estimate of drug-likeness (QED) is 0.215. The van der Waals surface area contributed by atoms with E-state index in [1.54, 1.807) is 12.1 Å². The number of ether oxygens (including phenoxy) is 2. The monoisotopic (exact) mass is 562 g/mol. The van der Waals surface area contributed by atoms with Gasteiger partial charge in [0.15, 0.2) is 6.10 Å². The summed E-state index contributed by atoms with van der Waals surface area (Å²) in [4.78, 5) is 24.5. The van der Waals surface area contributed by atoms with Crippen LogP contribution in [0.4, 0.5) is 0 Å². The van der Waals surface area contributed by atoms with Gasteiger partial charge in [0.1, 0.15) is 11.5 Å². The first-order valence-corrected chi connectivity index (χ1v) is 13.7. The minimum atomic E-state index is -1.06. The molecule has 0 aliphatic heterocycles. The van der Waals surface area contributed by atoms with Crippen molar-refractivity contribution in [1.29, 1.82) is 0 Å². The van der Waals surface area contributed by atoms with Crippen LogP contribution in [0.1, 0.15) is 66.5 Å². The van der Waals surface area contributed by atoms with Crippen LogP contribution >= 0.6 is 11.6 Å². The highest BCUT2D eigenvalue weighted by atomic mass is 35.5. The van der Waals surface area contributed by atoms with Crippen molar-refractivity contribution in [3.05, 3.63) is 93.6 Å². The fourth-order valence-electron chi connectivity index (χ4n) is 4.65. The maximum atomic E-state index is 13.2. The van der Waals surface area contributed by atoms with Gasteiger partial charge in [-0.2, -0.15) is 0 Å². The lowest BCUT2D eigenvalue weighted by Crippen LogP contribution is -2.26. The molecule has 0 radical (unpaired) electrons. The minimum Gasteiger partial charge on any atom is -0.491 e. The van der Waals surface area contributed by atoms with Crippen molar-refractivity contribution < 1.29 is 24.2 Å². The Kier molecular flexibility index (Phi) is 8.74. The summed E-state index contributed by atoms with van der Waals surface area (Å²) >= 11 is 6.26. The van der Waals surface area contributed by atoms with Crippen LogP contribution in [0.5, 0.6) is 11.5 Å². The predicted octanol–water partition coefficient (Wildman–Crippen LogP) is 7.09. The Morgan fingerprint density at radius 2 is 1.73 bits per heavy atom. The van der Waals surface area contributed by atoms with E-state index in [1.807, 2.05) is 83.1 Å². The number of carboxylic acids is 1. The molecule has 4 rings (SSSR count). The Morgan fingerprint density at radius 1 is 0.975 bits per heavy atom. The zero-order valence-corrected chi connectivity index (χ0v) is 24.4. The molecule has 0 aliphatic rings. The number of carbonyl (C=O) groups is 2. The first kappa shape index (κ1) is 29.0. The van der Waals surface area contributed by atoms with Gasteiger partial charge in [-0.15, -0.1) is 0 Å². The number of hydrogen-bond acceptors (Lipinski definition) is 4. The van der Waals surface area contributed by atoms with Gasteiger partial charge in [0, 0.05) is 28.7 Å². The van der Waals surface area contributed by atoms with Crippen LogP contribution < -0.4 is 14.8 Å². The van der Waals surface area contributed by atoms with E-state index in [4.69, 9.17) is 21.1 Å². The number of benzene rings is 3. The summed E-state index contributed by atoms with van der Waals surface area (Å²) in [6.07, 6.45) is -0.949. The van der Waals surface area contributed by atoms with E-state index >= 15 is 0 Å². The lowest BCUT2D eigenvalue weighted by atomic mass is 10.1. The molecule has 0 saturated carbocycles. The van der Waals surface area contributed by atoms with Gasteiger partial charge in [-0.05, 0) is 101 Å². The standard InChI is InChI=1S/C32H35ClN2O5/c1-18(2)39-26-9-7-8-24(15-26)20(4)34-31(36)25-11-13-29-27(16-25)19(3)21(5)35(29)17-23-10-12-28(33)30(14-23)40-22(6)32(37)38/h7-16,18,20,22H,17H2,1-6H3,(H,34,36)(H,37,38). The van der Waals surface area contributed by atoms with Crippen molar-refractivity contribution >= 4 is 34.4 Å². The van der Waals surface area contributed by atoms with Crippen LogP contribution in [0.15, 0.2) is 60.7 Å². The van der Waals surface area contributed by atoms with E-state index in [0.717, 1.165) is 39.0 Å². The number of rotatable bonds is 10.